The molecule has 6 aromatic rings. The van der Waals surface area contributed by atoms with Crippen molar-refractivity contribution < 1.29 is 38.1 Å². The second-order valence-electron chi connectivity index (χ2n) is 18.6. The molecule has 4 aromatic carbocycles. The second kappa shape index (κ2) is 26.8. The Labute approximate surface area is 478 Å². The Morgan fingerprint density at radius 3 is 1.27 bits per heavy atom. The fourth-order valence-electron chi connectivity index (χ4n) is 7.98. The summed E-state index contributed by atoms with van der Waals surface area (Å²) in [6.07, 6.45) is 2.45. The summed E-state index contributed by atoms with van der Waals surface area (Å²) in [6.45, 7) is 12.1. The van der Waals surface area contributed by atoms with Crippen molar-refractivity contribution in [1.82, 2.24) is 30.2 Å². The molecule has 2 aliphatic heterocycles. The smallest absolute Gasteiger partial charge is 0.410 e. The predicted molar refractivity (Wildman–Crippen MR) is 313 cm³/mol. The van der Waals surface area contributed by atoms with Crippen molar-refractivity contribution in [3.05, 3.63) is 106 Å². The van der Waals surface area contributed by atoms with Crippen LogP contribution in [0.5, 0.6) is 23.0 Å². The van der Waals surface area contributed by atoms with Crippen LogP contribution in [0.3, 0.4) is 0 Å². The number of halogens is 4. The van der Waals surface area contributed by atoms with Crippen LogP contribution in [0, 0.1) is 0 Å². The summed E-state index contributed by atoms with van der Waals surface area (Å²) in [7, 11) is 8.94. The molecule has 0 atom stereocenters. The maximum absolute atomic E-state index is 13.1. The summed E-state index contributed by atoms with van der Waals surface area (Å²) >= 11 is 25.5. The lowest BCUT2D eigenvalue weighted by atomic mass is 10.2. The minimum absolute atomic E-state index is 0.133. The summed E-state index contributed by atoms with van der Waals surface area (Å²) < 4.78 is 26.5. The van der Waals surface area contributed by atoms with Gasteiger partial charge in [-0.25, -0.2) is 34.3 Å². The molecule has 0 bridgehead atoms. The number of methoxy groups -OCH3 is 4. The van der Waals surface area contributed by atoms with Gasteiger partial charge in [-0.3, -0.25) is 9.80 Å². The van der Waals surface area contributed by atoms with E-state index in [0.717, 1.165) is 43.2 Å². The largest absolute Gasteiger partial charge is 0.495 e. The molecule has 2 aliphatic rings. The Kier molecular flexibility index (Phi) is 20.0. The maximum atomic E-state index is 13.1. The van der Waals surface area contributed by atoms with Crippen LogP contribution in [0.15, 0.2) is 85.5 Å². The van der Waals surface area contributed by atoms with Gasteiger partial charge in [-0.2, -0.15) is 0 Å². The number of urea groups is 2. The van der Waals surface area contributed by atoms with Crippen molar-refractivity contribution in [2.24, 2.45) is 0 Å². The number of hydrogen-bond donors (Lipinski definition) is 5. The molecule has 2 aromatic heterocycles. The average molecular weight is 1160 g/mol. The number of rotatable bonds is 14. The van der Waals surface area contributed by atoms with Crippen molar-refractivity contribution in [2.75, 3.05) is 136 Å². The quantitative estimate of drug-likeness (QED) is 0.0683. The van der Waals surface area contributed by atoms with Crippen molar-refractivity contribution in [3.8, 4) is 23.0 Å². The van der Waals surface area contributed by atoms with Gasteiger partial charge in [0.2, 0.25) is 0 Å². The third-order valence-electron chi connectivity index (χ3n) is 12.3. The van der Waals surface area contributed by atoms with Gasteiger partial charge in [-0.15, -0.1) is 0 Å². The number of benzene rings is 4. The summed E-state index contributed by atoms with van der Waals surface area (Å²) in [6, 6.07) is 21.3. The van der Waals surface area contributed by atoms with Gasteiger partial charge < -0.3 is 65.0 Å². The Bertz CT molecular complexity index is 3030. The van der Waals surface area contributed by atoms with E-state index in [-0.39, 0.29) is 37.6 Å². The van der Waals surface area contributed by atoms with Crippen LogP contribution < -0.4 is 65.1 Å². The van der Waals surface area contributed by atoms with Crippen LogP contribution in [0.1, 0.15) is 20.8 Å². The molecular weight excluding hydrogens is 1100 g/mol. The highest BCUT2D eigenvalue weighted by molar-refractivity contribution is 6.42. The molecule has 5 N–H and O–H groups in total. The summed E-state index contributed by atoms with van der Waals surface area (Å²) in [4.78, 5) is 64.4. The molecule has 2 saturated heterocycles. The number of anilines is 10. The molecule has 0 aliphatic carbocycles. The van der Waals surface area contributed by atoms with Crippen LogP contribution in [0.2, 0.25) is 20.1 Å². The van der Waals surface area contributed by atoms with Gasteiger partial charge in [0.25, 0.3) is 0 Å². The SMILES string of the molecule is COc1cc(OC)c(Cl)c(NC(=O)N(C)c2cc(Nc3ccc(N4CCN(C(=O)OC(C)(C)C)CC4)cc3)ncn2)c1Cl.COc1cc(OC)c(Cl)c(NC(=O)N(C)c2cc(Nc3ccc(N4CCNCC4)cc3)ncn2)c1Cl. The number of amides is 5. The van der Waals surface area contributed by atoms with E-state index in [9.17, 15) is 14.4 Å². The Balaban J connectivity index is 0.000000232. The van der Waals surface area contributed by atoms with Crippen LogP contribution in [-0.4, -0.2) is 143 Å². The zero-order chi connectivity index (χ0) is 57.0. The highest BCUT2D eigenvalue weighted by atomic mass is 35.5. The zero-order valence-corrected chi connectivity index (χ0v) is 48.1. The molecule has 8 rings (SSSR count). The van der Waals surface area contributed by atoms with Gasteiger partial charge in [-0.05, 0) is 69.3 Å². The van der Waals surface area contributed by atoms with Crippen LogP contribution in [0.25, 0.3) is 0 Å². The molecule has 22 nitrogen and oxygen atoms in total. The molecule has 0 radical (unpaired) electrons. The molecule has 0 unspecified atom stereocenters. The van der Waals surface area contributed by atoms with Crippen molar-refractivity contribution in [1.29, 1.82) is 0 Å². The number of aromatic nitrogens is 4. The van der Waals surface area contributed by atoms with Crippen LogP contribution in [-0.2, 0) is 4.74 Å². The number of carbonyl (C=O) groups is 3. The maximum Gasteiger partial charge on any atom is 0.410 e. The molecule has 0 spiro atoms. The van der Waals surface area contributed by atoms with E-state index >= 15 is 0 Å². The van der Waals surface area contributed by atoms with E-state index in [4.69, 9.17) is 70.1 Å². The molecule has 4 heterocycles. The summed E-state index contributed by atoms with van der Waals surface area (Å²) in [5.74, 6) is 2.93. The first kappa shape index (κ1) is 59.0. The zero-order valence-electron chi connectivity index (χ0n) is 45.0. The standard InChI is InChI=1S/C29H35Cl2N7O5.C24H27Cl2N7O3/c1-29(2,3)43-28(40)38-13-11-37(12-14-38)19-9-7-18(8-10-19)34-22-16-23(33-17-32-22)36(4)27(39)35-26-24(30)20(41-5)15-21(42-6)25(26)31;1-32(24(34)31-23-21(25)17(35-2)12-18(36-3)22(23)26)20-13-19(28-14-29-20)30-15-4-6-16(7-5-15)33-10-8-27-9-11-33/h7-10,15-17H,11-14H2,1-6H3,(H,35,39)(H,32,33,34);4-7,12-14,27H,8-11H2,1-3H3,(H,31,34)(H,28,29,30). The van der Waals surface area contributed by atoms with Gasteiger partial charge >= 0.3 is 18.2 Å². The fraction of sp³-hybridized carbons (Fsp3) is 0.340. The third-order valence-corrected chi connectivity index (χ3v) is 13.8. The topological polar surface area (TPSA) is 225 Å². The molecular formula is C53H62Cl4N14O8. The van der Waals surface area contributed by atoms with E-state index < -0.39 is 17.7 Å². The number of nitrogens with zero attached hydrogens (tertiary/aromatic N) is 9. The van der Waals surface area contributed by atoms with Crippen molar-refractivity contribution >= 4 is 122 Å². The average Bonchev–Trinajstić information content (AvgIpc) is 3.45. The minimum Gasteiger partial charge on any atom is -0.495 e. The molecule has 79 heavy (non-hydrogen) atoms. The highest BCUT2D eigenvalue weighted by Crippen LogP contribution is 2.45. The van der Waals surface area contributed by atoms with Gasteiger partial charge in [0.05, 0.1) is 39.8 Å². The van der Waals surface area contributed by atoms with Gasteiger partial charge in [0.1, 0.15) is 84.6 Å². The lowest BCUT2D eigenvalue weighted by Crippen LogP contribution is -2.50. The molecule has 5 amide bonds. The Hall–Kier alpha value is -7.63. The highest BCUT2D eigenvalue weighted by Gasteiger charge is 2.27. The third kappa shape index (κ3) is 15.1. The Morgan fingerprint density at radius 1 is 0.544 bits per heavy atom. The lowest BCUT2D eigenvalue weighted by Gasteiger charge is -2.36. The summed E-state index contributed by atoms with van der Waals surface area (Å²) in [5, 5.41) is 15.8. The Morgan fingerprint density at radius 2 is 0.911 bits per heavy atom. The van der Waals surface area contributed by atoms with E-state index in [2.05, 4.69) is 68.5 Å². The molecule has 420 valence electrons. The molecule has 0 saturated carbocycles. The monoisotopic (exact) mass is 1160 g/mol. The van der Waals surface area contributed by atoms with E-state index in [1.165, 1.54) is 62.6 Å². The number of ether oxygens (including phenoxy) is 5. The van der Waals surface area contributed by atoms with Gasteiger partial charge in [0, 0.05) is 113 Å². The van der Waals surface area contributed by atoms with Crippen LogP contribution in [0.4, 0.5) is 71.8 Å². The van der Waals surface area contributed by atoms with E-state index in [1.54, 1.807) is 37.2 Å². The summed E-state index contributed by atoms with van der Waals surface area (Å²) in [5.41, 5.74) is 3.69. The van der Waals surface area contributed by atoms with Crippen LogP contribution >= 0.6 is 46.4 Å². The number of carbonyl (C=O) groups excluding carboxylic acids is 3. The minimum atomic E-state index is -0.542. The van der Waals surface area contributed by atoms with Crippen molar-refractivity contribution in [3.63, 3.8) is 0 Å². The number of nitrogens with one attached hydrogen (secondary N) is 5. The molecule has 2 fully saturated rings. The first-order valence-electron chi connectivity index (χ1n) is 24.7. The number of piperazine rings is 2. The van der Waals surface area contributed by atoms with Crippen molar-refractivity contribution in [2.45, 2.75) is 26.4 Å². The lowest BCUT2D eigenvalue weighted by molar-refractivity contribution is 0.0240. The normalized spacial score (nSPS) is 13.3. The first-order chi connectivity index (χ1) is 37.8. The van der Waals surface area contributed by atoms with E-state index in [1.807, 2.05) is 57.2 Å². The predicted octanol–water partition coefficient (Wildman–Crippen LogP) is 10.9. The van der Waals surface area contributed by atoms with Gasteiger partial charge in [0.15, 0.2) is 0 Å². The first-order valence-corrected chi connectivity index (χ1v) is 26.2. The molecule has 26 heteroatoms. The van der Waals surface area contributed by atoms with Gasteiger partial charge in [-0.1, -0.05) is 46.4 Å². The second-order valence-corrected chi connectivity index (χ2v) is 20.1. The number of hydrogen-bond acceptors (Lipinski definition) is 17. The van der Waals surface area contributed by atoms with E-state index in [0.29, 0.717) is 72.4 Å². The fourth-order valence-corrected chi connectivity index (χ4v) is 9.17.